The molecule has 286 valence electrons. The fourth-order valence-corrected chi connectivity index (χ4v) is 8.61. The SMILES string of the molecule is COc1ncc(F)cc1S(=O)(=O)Cc1ccc(F)c(-c2ccc3c(-c4ncc(Cl)n4COCC[Si](C)(C)C)nn(COCC[Si](C)(C)C)c3c2F)c1F. The highest BCUT2D eigenvalue weighted by molar-refractivity contribution is 7.90. The van der Waals surface area contributed by atoms with Gasteiger partial charge in [-0.25, -0.2) is 40.6 Å². The van der Waals surface area contributed by atoms with Gasteiger partial charge in [0.2, 0.25) is 5.88 Å². The molecule has 0 unspecified atom stereocenters. The Balaban J connectivity index is 1.59. The number of nitrogens with zero attached hydrogens (tertiary/aromatic N) is 5. The summed E-state index contributed by atoms with van der Waals surface area (Å²) < 4.78 is 109. The molecule has 0 aliphatic heterocycles. The molecule has 3 aromatic heterocycles. The van der Waals surface area contributed by atoms with Gasteiger partial charge >= 0.3 is 0 Å². The first-order valence-electron chi connectivity index (χ1n) is 16.8. The maximum Gasteiger partial charge on any atom is 0.232 e. The predicted molar refractivity (Wildman–Crippen MR) is 201 cm³/mol. The Hall–Kier alpha value is -3.62. The Labute approximate surface area is 313 Å². The molecule has 18 heteroatoms. The molecule has 10 nitrogen and oxygen atoms in total. The minimum Gasteiger partial charge on any atom is -0.480 e. The van der Waals surface area contributed by atoms with E-state index in [4.69, 9.17) is 25.8 Å². The first-order valence-corrected chi connectivity index (χ1v) is 26.2. The van der Waals surface area contributed by atoms with Gasteiger partial charge < -0.3 is 14.2 Å². The average Bonchev–Trinajstić information content (AvgIpc) is 3.62. The molecule has 53 heavy (non-hydrogen) atoms. The molecule has 0 aliphatic carbocycles. The second kappa shape index (κ2) is 16.0. The molecule has 0 atom stereocenters. The van der Waals surface area contributed by atoms with Crippen LogP contribution in [0.25, 0.3) is 33.5 Å². The Morgan fingerprint density at radius 3 is 2.15 bits per heavy atom. The predicted octanol–water partition coefficient (Wildman–Crippen LogP) is 8.78. The molecule has 0 saturated carbocycles. The highest BCUT2D eigenvalue weighted by Crippen LogP contribution is 2.38. The van der Waals surface area contributed by atoms with Crippen LogP contribution in [0.5, 0.6) is 5.88 Å². The van der Waals surface area contributed by atoms with Crippen LogP contribution in [0.1, 0.15) is 5.56 Å². The smallest absolute Gasteiger partial charge is 0.232 e. The standard InChI is InChI=1S/C35H42ClF4N5O5SSi2/c1-48-35-27(16-23(37)17-42-35)51(46,47)19-22-8-11-26(38)29(30(22)39)24-9-10-25-32(34-41-18-28(36)44(34)20-49-12-14-52(2,3)4)43-45(33(25)31(24)40)21-50-13-15-53(5,6)7/h8-11,16-18H,12-15,19-21H2,1-7H3. The molecule has 0 radical (unpaired) electrons. The number of rotatable bonds is 16. The van der Waals surface area contributed by atoms with Crippen molar-refractivity contribution in [1.29, 1.82) is 0 Å². The fourth-order valence-electron chi connectivity index (χ4n) is 5.44. The number of sulfone groups is 1. The summed E-state index contributed by atoms with van der Waals surface area (Å²) in [5.74, 6) is -5.57. The Morgan fingerprint density at radius 2 is 1.51 bits per heavy atom. The lowest BCUT2D eigenvalue weighted by molar-refractivity contribution is 0.0812. The molecule has 3 heterocycles. The van der Waals surface area contributed by atoms with Crippen LogP contribution in [-0.2, 0) is 38.5 Å². The van der Waals surface area contributed by atoms with Crippen molar-refractivity contribution in [3.8, 4) is 28.5 Å². The molecule has 5 rings (SSSR count). The zero-order chi connectivity index (χ0) is 38.9. The number of fused-ring (bicyclic) bond motifs is 1. The Morgan fingerprint density at radius 1 is 0.849 bits per heavy atom. The summed E-state index contributed by atoms with van der Waals surface area (Å²) in [7, 11) is -6.18. The normalized spacial score (nSPS) is 12.6. The molecule has 0 spiro atoms. The van der Waals surface area contributed by atoms with E-state index in [1.54, 1.807) is 4.57 Å². The third-order valence-electron chi connectivity index (χ3n) is 8.39. The summed E-state index contributed by atoms with van der Waals surface area (Å²) in [6.45, 7) is 14.0. The van der Waals surface area contributed by atoms with E-state index in [1.165, 1.54) is 23.0 Å². The number of benzene rings is 2. The Kier molecular flexibility index (Phi) is 12.3. The first kappa shape index (κ1) is 40.6. The fraction of sp³-hybridized carbons (Fsp3) is 0.400. The zero-order valence-electron chi connectivity index (χ0n) is 30.6. The van der Waals surface area contributed by atoms with Gasteiger partial charge in [0.15, 0.2) is 21.5 Å². The van der Waals surface area contributed by atoms with Gasteiger partial charge in [0, 0.05) is 45.9 Å². The van der Waals surface area contributed by atoms with Crippen LogP contribution in [0, 0.1) is 23.3 Å². The van der Waals surface area contributed by atoms with Crippen LogP contribution < -0.4 is 4.74 Å². The number of ether oxygens (including phenoxy) is 3. The summed E-state index contributed by atoms with van der Waals surface area (Å²) in [6.07, 6.45) is 2.20. The van der Waals surface area contributed by atoms with E-state index in [-0.39, 0.29) is 41.0 Å². The van der Waals surface area contributed by atoms with Gasteiger partial charge in [-0.05, 0) is 30.3 Å². The Bertz CT molecular complexity index is 2240. The molecule has 0 amide bonds. The second-order valence-corrected chi connectivity index (χ2v) is 28.6. The molecule has 2 aromatic carbocycles. The lowest BCUT2D eigenvalue weighted by Crippen LogP contribution is -2.22. The number of methoxy groups -OCH3 is 1. The van der Waals surface area contributed by atoms with Gasteiger partial charge in [-0.15, -0.1) is 0 Å². The zero-order valence-corrected chi connectivity index (χ0v) is 34.1. The van der Waals surface area contributed by atoms with Gasteiger partial charge in [-0.1, -0.05) is 63.0 Å². The van der Waals surface area contributed by atoms with Crippen molar-refractivity contribution in [3.63, 3.8) is 0 Å². The first-order chi connectivity index (χ1) is 24.8. The molecule has 0 aliphatic rings. The number of imidazole rings is 1. The quantitative estimate of drug-likeness (QED) is 0.0553. The van der Waals surface area contributed by atoms with Crippen LogP contribution >= 0.6 is 11.6 Å². The lowest BCUT2D eigenvalue weighted by Gasteiger charge is -2.16. The van der Waals surface area contributed by atoms with Gasteiger partial charge in [0.25, 0.3) is 0 Å². The number of hydrogen-bond donors (Lipinski definition) is 0. The number of aromatic nitrogens is 5. The van der Waals surface area contributed by atoms with Crippen molar-refractivity contribution >= 4 is 48.5 Å². The van der Waals surface area contributed by atoms with Gasteiger partial charge in [-0.3, -0.25) is 4.57 Å². The molecule has 0 N–H and O–H groups in total. The summed E-state index contributed by atoms with van der Waals surface area (Å²) in [4.78, 5) is 7.46. The number of halogens is 5. The van der Waals surface area contributed by atoms with Gasteiger partial charge in [-0.2, -0.15) is 5.10 Å². The highest BCUT2D eigenvalue weighted by atomic mass is 35.5. The second-order valence-electron chi connectivity index (χ2n) is 15.0. The minimum absolute atomic E-state index is 0.0595. The maximum absolute atomic E-state index is 16.8. The van der Waals surface area contributed by atoms with E-state index in [9.17, 15) is 12.8 Å². The van der Waals surface area contributed by atoms with E-state index in [0.29, 0.717) is 19.3 Å². The number of pyridine rings is 1. The molecule has 0 fully saturated rings. The van der Waals surface area contributed by atoms with Crippen LogP contribution in [0.2, 0.25) is 56.5 Å². The summed E-state index contributed by atoms with van der Waals surface area (Å²) >= 11 is 6.51. The van der Waals surface area contributed by atoms with E-state index >= 15 is 13.2 Å². The van der Waals surface area contributed by atoms with Gasteiger partial charge in [0.1, 0.15) is 52.2 Å². The minimum atomic E-state index is -4.47. The topological polar surface area (TPSA) is 110 Å². The largest absolute Gasteiger partial charge is 0.480 e. The van der Waals surface area contributed by atoms with Crippen molar-refractivity contribution in [1.82, 2.24) is 24.3 Å². The van der Waals surface area contributed by atoms with Crippen LogP contribution in [-0.4, -0.2) is 69.2 Å². The monoisotopic (exact) mass is 811 g/mol. The highest BCUT2D eigenvalue weighted by Gasteiger charge is 2.29. The van der Waals surface area contributed by atoms with Crippen molar-refractivity contribution in [2.75, 3.05) is 20.3 Å². The average molecular weight is 812 g/mol. The summed E-state index contributed by atoms with van der Waals surface area (Å²) in [6, 6.07) is 6.87. The van der Waals surface area contributed by atoms with Crippen LogP contribution in [0.15, 0.2) is 47.6 Å². The third kappa shape index (κ3) is 9.37. The van der Waals surface area contributed by atoms with Crippen LogP contribution in [0.4, 0.5) is 17.6 Å². The summed E-state index contributed by atoms with van der Waals surface area (Å²) in [5.41, 5.74) is -1.65. The molecular formula is C35H42ClF4N5O5SSi2. The van der Waals surface area contributed by atoms with Crippen molar-refractivity contribution < 1.29 is 40.2 Å². The summed E-state index contributed by atoms with van der Waals surface area (Å²) in [5, 5.41) is 5.18. The van der Waals surface area contributed by atoms with Crippen molar-refractivity contribution in [2.24, 2.45) is 0 Å². The third-order valence-corrected chi connectivity index (χ3v) is 13.8. The van der Waals surface area contributed by atoms with Crippen molar-refractivity contribution in [3.05, 3.63) is 76.7 Å². The van der Waals surface area contributed by atoms with Crippen LogP contribution in [0.3, 0.4) is 0 Å². The molecular weight excluding hydrogens is 770 g/mol. The van der Waals surface area contributed by atoms with E-state index < -0.39 is 82.5 Å². The van der Waals surface area contributed by atoms with Gasteiger partial charge in [0.05, 0.1) is 30.8 Å². The van der Waals surface area contributed by atoms with E-state index in [1.807, 2.05) is 0 Å². The number of hydrogen-bond acceptors (Lipinski definition) is 8. The van der Waals surface area contributed by atoms with E-state index in [0.717, 1.165) is 37.5 Å². The maximum atomic E-state index is 16.8. The molecule has 0 saturated heterocycles. The molecule has 0 bridgehead atoms. The van der Waals surface area contributed by atoms with Crippen molar-refractivity contribution in [2.45, 2.75) is 75.5 Å². The molecule has 5 aromatic rings. The van der Waals surface area contributed by atoms with E-state index in [2.05, 4.69) is 54.3 Å². The lowest BCUT2D eigenvalue weighted by atomic mass is 9.99.